The van der Waals surface area contributed by atoms with Crippen molar-refractivity contribution in [1.82, 2.24) is 4.90 Å². The topological polar surface area (TPSA) is 29.5 Å². The second-order valence-electron chi connectivity index (χ2n) is 5.11. The maximum atomic E-state index is 12.5. The lowest BCUT2D eigenvalue weighted by Crippen LogP contribution is -2.34. The Hall–Kier alpha value is -1.36. The third-order valence-electron chi connectivity index (χ3n) is 3.52. The van der Waals surface area contributed by atoms with Crippen molar-refractivity contribution in [1.29, 1.82) is 0 Å². The summed E-state index contributed by atoms with van der Waals surface area (Å²) >= 11 is 13.6. The molecule has 0 bridgehead atoms. The Labute approximate surface area is 149 Å². The molecule has 120 valence electrons. The van der Waals surface area contributed by atoms with Crippen molar-refractivity contribution in [3.63, 3.8) is 0 Å². The molecule has 0 spiro atoms. The fourth-order valence-corrected chi connectivity index (χ4v) is 4.01. The van der Waals surface area contributed by atoms with Gasteiger partial charge in [-0.05, 0) is 42.0 Å². The van der Waals surface area contributed by atoms with Crippen molar-refractivity contribution >= 4 is 40.9 Å². The molecule has 1 fully saturated rings. The third-order valence-corrected chi connectivity index (χ3v) is 5.27. The smallest absolute Gasteiger partial charge is 0.261 e. The number of ether oxygens (including phenoxy) is 1. The Morgan fingerprint density at radius 2 is 1.96 bits per heavy atom. The number of rotatable bonds is 4. The van der Waals surface area contributed by atoms with Gasteiger partial charge in [-0.1, -0.05) is 35.3 Å². The molecular formula is C17H15Cl2NO2S. The van der Waals surface area contributed by atoms with Crippen LogP contribution in [0.2, 0.25) is 10.0 Å². The quantitative estimate of drug-likeness (QED) is 0.787. The van der Waals surface area contributed by atoms with Crippen LogP contribution in [0.5, 0.6) is 5.75 Å². The van der Waals surface area contributed by atoms with Crippen LogP contribution in [0.3, 0.4) is 0 Å². The molecule has 0 aliphatic carbocycles. The number of nitrogens with zero attached hydrogens (tertiary/aromatic N) is 1. The summed E-state index contributed by atoms with van der Waals surface area (Å²) in [6.45, 7) is 0.726. The van der Waals surface area contributed by atoms with E-state index in [-0.39, 0.29) is 17.9 Å². The van der Waals surface area contributed by atoms with Crippen molar-refractivity contribution in [2.24, 2.45) is 0 Å². The number of hydrogen-bond acceptors (Lipinski definition) is 3. The van der Waals surface area contributed by atoms with Crippen LogP contribution in [-0.2, 0) is 4.79 Å². The number of carbonyl (C=O) groups excluding carboxylic acids is 1. The molecule has 1 amide bonds. The van der Waals surface area contributed by atoms with Crippen LogP contribution in [0.4, 0.5) is 0 Å². The Morgan fingerprint density at radius 3 is 2.70 bits per heavy atom. The zero-order valence-corrected chi connectivity index (χ0v) is 14.6. The van der Waals surface area contributed by atoms with Crippen molar-refractivity contribution < 1.29 is 9.53 Å². The van der Waals surface area contributed by atoms with Gasteiger partial charge in [0.05, 0.1) is 0 Å². The number of hydrogen-bond donors (Lipinski definition) is 0. The standard InChI is InChI=1S/C17H15Cl2NO2S/c18-13-4-6-15(7-5-13)22-11-16(21)20-8-9-23-17(20)12-2-1-3-14(19)10-12/h1-7,10,17H,8-9,11H2/t17-/m0/s1. The minimum atomic E-state index is -0.0325. The summed E-state index contributed by atoms with van der Waals surface area (Å²) in [5, 5.41) is 1.32. The van der Waals surface area contributed by atoms with Gasteiger partial charge in [-0.15, -0.1) is 11.8 Å². The fourth-order valence-electron chi connectivity index (χ4n) is 2.42. The molecule has 2 aromatic rings. The average Bonchev–Trinajstić information content (AvgIpc) is 3.04. The minimum absolute atomic E-state index is 0.00461. The van der Waals surface area contributed by atoms with Gasteiger partial charge in [0, 0.05) is 22.3 Å². The van der Waals surface area contributed by atoms with E-state index in [1.165, 1.54) is 0 Å². The zero-order valence-electron chi connectivity index (χ0n) is 12.2. The van der Waals surface area contributed by atoms with Crippen molar-refractivity contribution in [2.45, 2.75) is 5.37 Å². The summed E-state index contributed by atoms with van der Waals surface area (Å²) in [5.74, 6) is 1.51. The van der Waals surface area contributed by atoms with Gasteiger partial charge in [-0.2, -0.15) is 0 Å². The summed E-state index contributed by atoms with van der Waals surface area (Å²) < 4.78 is 5.56. The summed E-state index contributed by atoms with van der Waals surface area (Å²) in [6, 6.07) is 14.6. The lowest BCUT2D eigenvalue weighted by Gasteiger charge is -2.24. The fraction of sp³-hybridized carbons (Fsp3) is 0.235. The second-order valence-corrected chi connectivity index (χ2v) is 7.17. The maximum Gasteiger partial charge on any atom is 0.261 e. The monoisotopic (exact) mass is 367 g/mol. The molecule has 0 saturated carbocycles. The number of benzene rings is 2. The van der Waals surface area contributed by atoms with Crippen molar-refractivity contribution in [2.75, 3.05) is 18.9 Å². The maximum absolute atomic E-state index is 12.5. The summed E-state index contributed by atoms with van der Waals surface area (Å²) in [5.41, 5.74) is 1.04. The van der Waals surface area contributed by atoms with Crippen LogP contribution in [-0.4, -0.2) is 29.7 Å². The van der Waals surface area contributed by atoms with Gasteiger partial charge in [0.15, 0.2) is 6.61 Å². The molecule has 6 heteroatoms. The Bertz CT molecular complexity index is 693. The van der Waals surface area contributed by atoms with E-state index in [4.69, 9.17) is 27.9 Å². The summed E-state index contributed by atoms with van der Waals surface area (Å²) in [7, 11) is 0. The molecule has 1 aliphatic heterocycles. The number of amides is 1. The first-order chi connectivity index (χ1) is 11.1. The van der Waals surface area contributed by atoms with Crippen LogP contribution in [0.25, 0.3) is 0 Å². The van der Waals surface area contributed by atoms with E-state index in [1.54, 1.807) is 36.0 Å². The van der Waals surface area contributed by atoms with E-state index in [2.05, 4.69) is 0 Å². The highest BCUT2D eigenvalue weighted by molar-refractivity contribution is 7.99. The van der Waals surface area contributed by atoms with Crippen LogP contribution in [0.1, 0.15) is 10.9 Å². The Kier molecular flexibility index (Phi) is 5.36. The molecule has 3 rings (SSSR count). The van der Waals surface area contributed by atoms with Gasteiger partial charge in [0.1, 0.15) is 11.1 Å². The molecule has 1 heterocycles. The molecule has 23 heavy (non-hydrogen) atoms. The predicted octanol–water partition coefficient (Wildman–Crippen LogP) is 4.65. The number of halogens is 2. The van der Waals surface area contributed by atoms with E-state index in [1.807, 2.05) is 29.2 Å². The minimum Gasteiger partial charge on any atom is -0.484 e. The molecule has 1 saturated heterocycles. The lowest BCUT2D eigenvalue weighted by molar-refractivity contribution is -0.133. The van der Waals surface area contributed by atoms with Gasteiger partial charge in [-0.25, -0.2) is 0 Å². The van der Waals surface area contributed by atoms with Crippen LogP contribution in [0, 0.1) is 0 Å². The molecular weight excluding hydrogens is 353 g/mol. The van der Waals surface area contributed by atoms with E-state index in [0.29, 0.717) is 22.3 Å². The van der Waals surface area contributed by atoms with E-state index in [9.17, 15) is 4.79 Å². The van der Waals surface area contributed by atoms with Gasteiger partial charge >= 0.3 is 0 Å². The van der Waals surface area contributed by atoms with Crippen molar-refractivity contribution in [3.05, 3.63) is 64.1 Å². The molecule has 0 radical (unpaired) electrons. The van der Waals surface area contributed by atoms with Gasteiger partial charge in [0.2, 0.25) is 0 Å². The lowest BCUT2D eigenvalue weighted by atomic mass is 10.2. The normalized spacial score (nSPS) is 17.3. The van der Waals surface area contributed by atoms with Crippen molar-refractivity contribution in [3.8, 4) is 5.75 Å². The molecule has 1 atom stereocenters. The predicted molar refractivity (Wildman–Crippen MR) is 95.3 cm³/mol. The molecule has 0 aromatic heterocycles. The van der Waals surface area contributed by atoms with Crippen LogP contribution >= 0.6 is 35.0 Å². The van der Waals surface area contributed by atoms with E-state index >= 15 is 0 Å². The molecule has 2 aromatic carbocycles. The second kappa shape index (κ2) is 7.47. The largest absolute Gasteiger partial charge is 0.484 e. The summed E-state index contributed by atoms with van der Waals surface area (Å²) in [4.78, 5) is 14.3. The molecule has 0 N–H and O–H groups in total. The molecule has 1 aliphatic rings. The van der Waals surface area contributed by atoms with E-state index < -0.39 is 0 Å². The summed E-state index contributed by atoms with van der Waals surface area (Å²) in [6.07, 6.45) is 0. The number of thioether (sulfide) groups is 1. The first kappa shape index (κ1) is 16.5. The molecule has 3 nitrogen and oxygen atoms in total. The highest BCUT2D eigenvalue weighted by Crippen LogP contribution is 2.38. The van der Waals surface area contributed by atoms with Gasteiger partial charge < -0.3 is 9.64 Å². The zero-order chi connectivity index (χ0) is 16.2. The van der Waals surface area contributed by atoms with Gasteiger partial charge in [0.25, 0.3) is 5.91 Å². The van der Waals surface area contributed by atoms with Crippen LogP contribution in [0.15, 0.2) is 48.5 Å². The third kappa shape index (κ3) is 4.14. The SMILES string of the molecule is O=C(COc1ccc(Cl)cc1)N1CCS[C@H]1c1cccc(Cl)c1. The molecule has 0 unspecified atom stereocenters. The highest BCUT2D eigenvalue weighted by Gasteiger charge is 2.30. The van der Waals surface area contributed by atoms with Crippen LogP contribution < -0.4 is 4.74 Å². The Balaban J connectivity index is 1.65. The van der Waals surface area contributed by atoms with E-state index in [0.717, 1.165) is 11.3 Å². The average molecular weight is 368 g/mol. The highest BCUT2D eigenvalue weighted by atomic mass is 35.5. The Morgan fingerprint density at radius 1 is 1.17 bits per heavy atom. The first-order valence-electron chi connectivity index (χ1n) is 7.18. The van der Waals surface area contributed by atoms with Gasteiger partial charge in [-0.3, -0.25) is 4.79 Å². The first-order valence-corrected chi connectivity index (χ1v) is 8.99. The number of carbonyl (C=O) groups is 1.